The highest BCUT2D eigenvalue weighted by Gasteiger charge is 2.21. The number of aromatic amines is 1. The molecule has 0 aliphatic rings. The number of H-pyrrole nitrogens is 1. The summed E-state index contributed by atoms with van der Waals surface area (Å²) in [6.07, 6.45) is 3.06. The summed E-state index contributed by atoms with van der Waals surface area (Å²) in [7, 11) is 1.65. The Balaban J connectivity index is 2.35. The van der Waals surface area contributed by atoms with Gasteiger partial charge in [0.2, 0.25) is 0 Å². The molecule has 2 heterocycles. The largest absolute Gasteiger partial charge is 0.383 e. The Morgan fingerprint density at radius 3 is 2.71 bits per heavy atom. The molecule has 0 spiro atoms. The van der Waals surface area contributed by atoms with Crippen LogP contribution in [0.3, 0.4) is 0 Å². The minimum atomic E-state index is -0.411. The number of pyridine rings is 1. The molecule has 0 saturated carbocycles. The first-order valence-electron chi connectivity index (χ1n) is 6.34. The van der Waals surface area contributed by atoms with E-state index in [2.05, 4.69) is 10.1 Å². The zero-order chi connectivity index (χ0) is 15.0. The minimum Gasteiger partial charge on any atom is -0.383 e. The van der Waals surface area contributed by atoms with Crippen LogP contribution in [0.5, 0.6) is 0 Å². The van der Waals surface area contributed by atoms with Crippen LogP contribution in [0.1, 0.15) is 0 Å². The maximum Gasteiger partial charge on any atom is 0.191 e. The fraction of sp³-hybridized carbons (Fsp3) is 0.0667. The van der Waals surface area contributed by atoms with E-state index >= 15 is 0 Å². The van der Waals surface area contributed by atoms with Gasteiger partial charge in [0, 0.05) is 31.1 Å². The highest BCUT2D eigenvalue weighted by molar-refractivity contribution is 5.88. The Bertz CT molecular complexity index is 866. The minimum absolute atomic E-state index is 0.204. The number of nitrogens with one attached hydrogen (secondary N) is 1. The van der Waals surface area contributed by atoms with Crippen molar-refractivity contribution in [1.82, 2.24) is 14.8 Å². The highest BCUT2D eigenvalue weighted by Crippen LogP contribution is 2.35. The highest BCUT2D eigenvalue weighted by atomic mass is 19.1. The van der Waals surface area contributed by atoms with Crippen LogP contribution >= 0.6 is 0 Å². The zero-order valence-corrected chi connectivity index (χ0v) is 11.3. The normalized spacial score (nSPS) is 10.8. The second-order valence-corrected chi connectivity index (χ2v) is 4.63. The first kappa shape index (κ1) is 13.1. The molecule has 106 valence electrons. The lowest BCUT2D eigenvalue weighted by atomic mass is 10.0. The fourth-order valence-electron chi connectivity index (χ4n) is 2.26. The summed E-state index contributed by atoms with van der Waals surface area (Å²) in [5.41, 5.74) is 7.27. The Kier molecular flexibility index (Phi) is 3.06. The van der Waals surface area contributed by atoms with Gasteiger partial charge < -0.3 is 10.7 Å². The molecule has 3 aromatic rings. The van der Waals surface area contributed by atoms with Crippen molar-refractivity contribution in [3.05, 3.63) is 58.8 Å². The van der Waals surface area contributed by atoms with Gasteiger partial charge in [0.15, 0.2) is 5.43 Å². The fourth-order valence-corrected chi connectivity index (χ4v) is 2.26. The van der Waals surface area contributed by atoms with Gasteiger partial charge >= 0.3 is 0 Å². The molecule has 2 aromatic heterocycles. The molecule has 3 rings (SSSR count). The predicted octanol–water partition coefficient (Wildman–Crippen LogP) is 2.16. The lowest BCUT2D eigenvalue weighted by Crippen LogP contribution is -2.04. The number of hydrogen-bond donors (Lipinski definition) is 2. The van der Waals surface area contributed by atoms with Gasteiger partial charge in [-0.3, -0.25) is 9.48 Å². The van der Waals surface area contributed by atoms with E-state index in [1.54, 1.807) is 25.2 Å². The monoisotopic (exact) mass is 284 g/mol. The Labute approximate surface area is 119 Å². The smallest absolute Gasteiger partial charge is 0.191 e. The molecule has 6 heteroatoms. The number of hydrogen-bond acceptors (Lipinski definition) is 3. The van der Waals surface area contributed by atoms with Crippen LogP contribution in [0, 0.1) is 5.82 Å². The molecule has 0 amide bonds. The van der Waals surface area contributed by atoms with Crippen molar-refractivity contribution in [2.45, 2.75) is 0 Å². The SMILES string of the molecule is Cn1nc(-c2c[nH]ccc2=O)c(-c2ccccc2F)c1N. The molecule has 0 atom stereocenters. The van der Waals surface area contributed by atoms with E-state index in [4.69, 9.17) is 5.73 Å². The Hall–Kier alpha value is -2.89. The van der Waals surface area contributed by atoms with E-state index in [0.29, 0.717) is 28.2 Å². The number of aryl methyl sites for hydroxylation is 1. The van der Waals surface area contributed by atoms with E-state index in [0.717, 1.165) is 0 Å². The van der Waals surface area contributed by atoms with E-state index in [1.807, 2.05) is 0 Å². The van der Waals surface area contributed by atoms with Gasteiger partial charge in [-0.15, -0.1) is 0 Å². The van der Waals surface area contributed by atoms with Gasteiger partial charge in [-0.1, -0.05) is 18.2 Å². The Morgan fingerprint density at radius 1 is 1.24 bits per heavy atom. The quantitative estimate of drug-likeness (QED) is 0.757. The van der Waals surface area contributed by atoms with E-state index in [-0.39, 0.29) is 5.43 Å². The van der Waals surface area contributed by atoms with Crippen LogP contribution in [0.4, 0.5) is 10.2 Å². The third kappa shape index (κ3) is 2.10. The van der Waals surface area contributed by atoms with Gasteiger partial charge in [-0.25, -0.2) is 4.39 Å². The lowest BCUT2D eigenvalue weighted by Gasteiger charge is -2.05. The van der Waals surface area contributed by atoms with Crippen molar-refractivity contribution in [2.75, 3.05) is 5.73 Å². The second-order valence-electron chi connectivity index (χ2n) is 4.63. The van der Waals surface area contributed by atoms with Crippen LogP contribution in [-0.2, 0) is 7.05 Å². The van der Waals surface area contributed by atoms with Crippen molar-refractivity contribution in [2.24, 2.45) is 7.05 Å². The van der Waals surface area contributed by atoms with Crippen LogP contribution in [0.15, 0.2) is 47.5 Å². The molecule has 0 fully saturated rings. The summed E-state index contributed by atoms with van der Waals surface area (Å²) in [5, 5.41) is 4.26. The number of rotatable bonds is 2. The van der Waals surface area contributed by atoms with Gasteiger partial charge in [-0.05, 0) is 6.07 Å². The maximum absolute atomic E-state index is 14.1. The van der Waals surface area contributed by atoms with Gasteiger partial charge in [0.1, 0.15) is 17.3 Å². The molecular formula is C15H13FN4O. The summed E-state index contributed by atoms with van der Waals surface area (Å²) in [6.45, 7) is 0. The van der Waals surface area contributed by atoms with Crippen LogP contribution < -0.4 is 11.2 Å². The van der Waals surface area contributed by atoms with Crippen LogP contribution in [0.25, 0.3) is 22.4 Å². The number of nitrogens with two attached hydrogens (primary N) is 1. The molecule has 0 radical (unpaired) electrons. The van der Waals surface area contributed by atoms with Crippen LogP contribution in [-0.4, -0.2) is 14.8 Å². The van der Waals surface area contributed by atoms with Crippen molar-refractivity contribution >= 4 is 5.82 Å². The first-order valence-corrected chi connectivity index (χ1v) is 6.34. The van der Waals surface area contributed by atoms with Crippen molar-refractivity contribution in [3.63, 3.8) is 0 Å². The molecule has 3 N–H and O–H groups in total. The summed E-state index contributed by atoms with van der Waals surface area (Å²) in [6, 6.07) is 7.67. The molecular weight excluding hydrogens is 271 g/mol. The standard InChI is InChI=1S/C15H13FN4O/c1-20-15(17)13(9-4-2-3-5-11(9)16)14(19-20)10-8-18-7-6-12(10)21/h2-8H,17H2,1H3,(H,18,21). The number of nitrogens with zero attached hydrogens (tertiary/aromatic N) is 2. The molecule has 0 aliphatic carbocycles. The number of nitrogen functional groups attached to an aromatic ring is 1. The van der Waals surface area contributed by atoms with Gasteiger partial charge in [-0.2, -0.15) is 5.10 Å². The summed E-state index contributed by atoms with van der Waals surface area (Å²) < 4.78 is 15.5. The molecule has 21 heavy (non-hydrogen) atoms. The average molecular weight is 284 g/mol. The number of benzene rings is 1. The molecule has 1 aromatic carbocycles. The topological polar surface area (TPSA) is 76.7 Å². The molecule has 0 saturated heterocycles. The third-order valence-corrected chi connectivity index (χ3v) is 3.31. The summed E-state index contributed by atoms with van der Waals surface area (Å²) in [4.78, 5) is 14.8. The average Bonchev–Trinajstić information content (AvgIpc) is 2.76. The molecule has 0 bridgehead atoms. The number of halogens is 1. The Morgan fingerprint density at radius 2 is 2.00 bits per heavy atom. The van der Waals surface area contributed by atoms with Gasteiger partial charge in [0.25, 0.3) is 0 Å². The van der Waals surface area contributed by atoms with Crippen molar-refractivity contribution in [1.29, 1.82) is 0 Å². The third-order valence-electron chi connectivity index (χ3n) is 3.31. The van der Waals surface area contributed by atoms with E-state index in [1.165, 1.54) is 29.2 Å². The van der Waals surface area contributed by atoms with E-state index < -0.39 is 5.82 Å². The molecule has 0 aliphatic heterocycles. The maximum atomic E-state index is 14.1. The summed E-state index contributed by atoms with van der Waals surface area (Å²) >= 11 is 0. The zero-order valence-electron chi connectivity index (χ0n) is 11.3. The molecule has 5 nitrogen and oxygen atoms in total. The van der Waals surface area contributed by atoms with Crippen molar-refractivity contribution < 1.29 is 4.39 Å². The number of anilines is 1. The van der Waals surface area contributed by atoms with Crippen LogP contribution in [0.2, 0.25) is 0 Å². The number of aromatic nitrogens is 3. The summed E-state index contributed by atoms with van der Waals surface area (Å²) in [5.74, 6) is -0.107. The van der Waals surface area contributed by atoms with E-state index in [9.17, 15) is 9.18 Å². The first-order chi connectivity index (χ1) is 10.1. The predicted molar refractivity (Wildman–Crippen MR) is 79.1 cm³/mol. The lowest BCUT2D eigenvalue weighted by molar-refractivity contribution is 0.631. The van der Waals surface area contributed by atoms with Crippen molar-refractivity contribution in [3.8, 4) is 22.4 Å². The van der Waals surface area contributed by atoms with Gasteiger partial charge in [0.05, 0.1) is 11.1 Å². The molecule has 0 unspecified atom stereocenters. The second kappa shape index (κ2) is 4.90.